The fraction of sp³-hybridized carbons (Fsp3) is 0.385. The van der Waals surface area contributed by atoms with E-state index in [2.05, 4.69) is 40.2 Å². The number of aromatic nitrogens is 1. The number of amides is 1. The molecule has 2 heterocycles. The largest absolute Gasteiger partial charge is 0.441 e. The molecule has 168 valence electrons. The first-order valence-electron chi connectivity index (χ1n) is 11.4. The highest BCUT2D eigenvalue weighted by molar-refractivity contribution is 5.76. The third-order valence-electron chi connectivity index (χ3n) is 5.96. The average Bonchev–Trinajstić information content (AvgIpc) is 3.16. The predicted octanol–water partition coefficient (Wildman–Crippen LogP) is 4.58. The molecule has 0 unspecified atom stereocenters. The van der Waals surface area contributed by atoms with Crippen LogP contribution in [0.3, 0.4) is 0 Å². The third-order valence-corrected chi connectivity index (χ3v) is 5.96. The quantitative estimate of drug-likeness (QED) is 0.520. The summed E-state index contributed by atoms with van der Waals surface area (Å²) < 4.78 is 18.8. The van der Waals surface area contributed by atoms with E-state index in [1.54, 1.807) is 18.3 Å². The smallest absolute Gasteiger partial charge is 0.223 e. The van der Waals surface area contributed by atoms with Gasteiger partial charge >= 0.3 is 0 Å². The minimum Gasteiger partial charge on any atom is -0.441 e. The number of halogens is 1. The number of hydrogen-bond donors (Lipinski definition) is 0. The summed E-state index contributed by atoms with van der Waals surface area (Å²) in [6.07, 6.45) is 5.72. The summed E-state index contributed by atoms with van der Waals surface area (Å²) in [6.45, 7) is 4.62. The molecule has 2 aromatic carbocycles. The molecule has 6 heteroatoms. The van der Waals surface area contributed by atoms with Gasteiger partial charge in [-0.25, -0.2) is 9.37 Å². The van der Waals surface area contributed by atoms with Gasteiger partial charge < -0.3 is 14.2 Å². The molecule has 1 aromatic heterocycles. The van der Waals surface area contributed by atoms with Crippen molar-refractivity contribution in [1.29, 1.82) is 0 Å². The molecule has 5 nitrogen and oxygen atoms in total. The molecular formula is C26H30FN3O2. The molecule has 1 fully saturated rings. The monoisotopic (exact) mass is 435 g/mol. The lowest BCUT2D eigenvalue weighted by Gasteiger charge is -2.22. The Morgan fingerprint density at radius 2 is 1.78 bits per heavy atom. The van der Waals surface area contributed by atoms with Crippen LogP contribution < -0.4 is 0 Å². The fourth-order valence-electron chi connectivity index (χ4n) is 4.14. The molecule has 0 aliphatic carbocycles. The zero-order valence-corrected chi connectivity index (χ0v) is 18.4. The molecule has 3 aromatic rings. The third kappa shape index (κ3) is 6.26. The molecule has 1 aliphatic heterocycles. The van der Waals surface area contributed by atoms with E-state index in [1.165, 1.54) is 17.7 Å². The van der Waals surface area contributed by atoms with Gasteiger partial charge in [-0.15, -0.1) is 0 Å². The number of carbonyl (C=O) groups excluding carboxylic acids is 1. The molecule has 1 saturated heterocycles. The number of oxazole rings is 1. The van der Waals surface area contributed by atoms with Crippen LogP contribution in [0.4, 0.5) is 4.39 Å². The van der Waals surface area contributed by atoms with Crippen molar-refractivity contribution in [3.05, 3.63) is 78.1 Å². The molecule has 0 spiro atoms. The second kappa shape index (κ2) is 11.0. The van der Waals surface area contributed by atoms with Gasteiger partial charge in [-0.1, -0.05) is 30.3 Å². The maximum Gasteiger partial charge on any atom is 0.223 e. The van der Waals surface area contributed by atoms with E-state index in [9.17, 15) is 9.18 Å². The maximum atomic E-state index is 13.1. The second-order valence-electron chi connectivity index (χ2n) is 8.29. The number of aryl methyl sites for hydroxylation is 2. The Labute approximate surface area is 188 Å². The summed E-state index contributed by atoms with van der Waals surface area (Å²) in [5, 5.41) is 0. The first-order chi connectivity index (χ1) is 15.7. The molecule has 0 N–H and O–H groups in total. The lowest BCUT2D eigenvalue weighted by Crippen LogP contribution is -2.35. The van der Waals surface area contributed by atoms with Crippen molar-refractivity contribution in [2.75, 3.05) is 32.7 Å². The first kappa shape index (κ1) is 22.2. The van der Waals surface area contributed by atoms with Crippen LogP contribution in [0.15, 0.2) is 65.2 Å². The Balaban J connectivity index is 1.20. The van der Waals surface area contributed by atoms with Crippen molar-refractivity contribution in [3.63, 3.8) is 0 Å². The van der Waals surface area contributed by atoms with Gasteiger partial charge in [-0.05, 0) is 62.2 Å². The number of hydrogen-bond acceptors (Lipinski definition) is 4. The van der Waals surface area contributed by atoms with Crippen LogP contribution in [-0.4, -0.2) is 53.4 Å². The van der Waals surface area contributed by atoms with Crippen molar-refractivity contribution in [1.82, 2.24) is 14.8 Å². The SMILES string of the molecule is O=C(CCc1ncc(-c2ccc(F)cc2)o1)N1CCCN(CCCc2ccccc2)CC1. The summed E-state index contributed by atoms with van der Waals surface area (Å²) in [4.78, 5) is 21.5. The van der Waals surface area contributed by atoms with Gasteiger partial charge in [0.15, 0.2) is 11.7 Å². The highest BCUT2D eigenvalue weighted by atomic mass is 19.1. The van der Waals surface area contributed by atoms with Gasteiger partial charge in [0.2, 0.25) is 5.91 Å². The van der Waals surface area contributed by atoms with Crippen molar-refractivity contribution in [2.45, 2.75) is 32.1 Å². The zero-order valence-electron chi connectivity index (χ0n) is 18.4. The standard InChI is InChI=1S/C26H30FN3O2/c27-23-11-9-22(10-12-23)24-20-28-25(32-24)13-14-26(31)30-17-5-16-29(18-19-30)15-4-8-21-6-2-1-3-7-21/h1-3,6-7,9-12,20H,4-5,8,13-19H2. The van der Waals surface area contributed by atoms with Gasteiger partial charge in [0.25, 0.3) is 0 Å². The topological polar surface area (TPSA) is 49.6 Å². The van der Waals surface area contributed by atoms with Crippen LogP contribution in [0, 0.1) is 5.82 Å². The van der Waals surface area contributed by atoms with Crippen LogP contribution >= 0.6 is 0 Å². The van der Waals surface area contributed by atoms with E-state index in [0.717, 1.165) is 57.5 Å². The zero-order chi connectivity index (χ0) is 22.2. The molecule has 1 amide bonds. The second-order valence-corrected chi connectivity index (χ2v) is 8.29. The number of rotatable bonds is 8. The van der Waals surface area contributed by atoms with E-state index in [4.69, 9.17) is 4.42 Å². The van der Waals surface area contributed by atoms with Crippen LogP contribution in [0.2, 0.25) is 0 Å². The van der Waals surface area contributed by atoms with Crippen molar-refractivity contribution < 1.29 is 13.6 Å². The van der Waals surface area contributed by atoms with Gasteiger partial charge in [0.05, 0.1) is 6.20 Å². The summed E-state index contributed by atoms with van der Waals surface area (Å²) in [6, 6.07) is 16.7. The molecule has 4 rings (SSSR count). The lowest BCUT2D eigenvalue weighted by molar-refractivity contribution is -0.131. The Bertz CT molecular complexity index is 988. The van der Waals surface area contributed by atoms with Crippen LogP contribution in [-0.2, 0) is 17.6 Å². The van der Waals surface area contributed by atoms with Gasteiger partial charge in [0, 0.05) is 38.0 Å². The molecule has 0 bridgehead atoms. The van der Waals surface area contributed by atoms with Crippen LogP contribution in [0.25, 0.3) is 11.3 Å². The van der Waals surface area contributed by atoms with Gasteiger partial charge in [-0.3, -0.25) is 4.79 Å². The Hall–Kier alpha value is -2.99. The minimum absolute atomic E-state index is 0.151. The summed E-state index contributed by atoms with van der Waals surface area (Å²) in [5.74, 6) is 0.993. The average molecular weight is 436 g/mol. The molecule has 0 atom stereocenters. The highest BCUT2D eigenvalue weighted by Crippen LogP contribution is 2.21. The summed E-state index contributed by atoms with van der Waals surface area (Å²) in [5.41, 5.74) is 2.16. The van der Waals surface area contributed by atoms with E-state index in [-0.39, 0.29) is 11.7 Å². The van der Waals surface area contributed by atoms with Gasteiger partial charge in [-0.2, -0.15) is 0 Å². The molecule has 32 heavy (non-hydrogen) atoms. The van der Waals surface area contributed by atoms with E-state index in [1.807, 2.05) is 4.90 Å². The summed E-state index contributed by atoms with van der Waals surface area (Å²) >= 11 is 0. The van der Waals surface area contributed by atoms with Crippen LogP contribution in [0.5, 0.6) is 0 Å². The molecule has 0 saturated carbocycles. The Morgan fingerprint density at radius 3 is 2.59 bits per heavy atom. The number of carbonyl (C=O) groups is 1. The van der Waals surface area contributed by atoms with Gasteiger partial charge in [0.1, 0.15) is 5.82 Å². The van der Waals surface area contributed by atoms with E-state index >= 15 is 0 Å². The first-order valence-corrected chi connectivity index (χ1v) is 11.4. The molecule has 1 aliphatic rings. The Morgan fingerprint density at radius 1 is 0.969 bits per heavy atom. The number of nitrogens with zero attached hydrogens (tertiary/aromatic N) is 3. The van der Waals surface area contributed by atoms with Crippen molar-refractivity contribution in [2.24, 2.45) is 0 Å². The summed E-state index contributed by atoms with van der Waals surface area (Å²) in [7, 11) is 0. The maximum absolute atomic E-state index is 13.1. The van der Waals surface area contributed by atoms with E-state index < -0.39 is 0 Å². The lowest BCUT2D eigenvalue weighted by atomic mass is 10.1. The number of benzene rings is 2. The van der Waals surface area contributed by atoms with E-state index in [0.29, 0.717) is 24.5 Å². The fourth-order valence-corrected chi connectivity index (χ4v) is 4.14. The normalized spacial score (nSPS) is 15.0. The highest BCUT2D eigenvalue weighted by Gasteiger charge is 2.19. The van der Waals surface area contributed by atoms with Crippen molar-refractivity contribution in [3.8, 4) is 11.3 Å². The molecule has 0 radical (unpaired) electrons. The minimum atomic E-state index is -0.286. The van der Waals surface area contributed by atoms with Crippen molar-refractivity contribution >= 4 is 5.91 Å². The predicted molar refractivity (Wildman–Crippen MR) is 123 cm³/mol. The van der Waals surface area contributed by atoms with Crippen LogP contribution in [0.1, 0.15) is 30.7 Å². The Kier molecular flexibility index (Phi) is 7.67. The molecular weight excluding hydrogens is 405 g/mol.